The van der Waals surface area contributed by atoms with Gasteiger partial charge in [0.2, 0.25) is 0 Å². The molecule has 0 saturated carbocycles. The van der Waals surface area contributed by atoms with Gasteiger partial charge in [-0.25, -0.2) is 0 Å². The molecule has 0 heteroatoms. The van der Waals surface area contributed by atoms with Gasteiger partial charge in [-0.1, -0.05) is 70.7 Å². The van der Waals surface area contributed by atoms with E-state index in [4.69, 9.17) is 0 Å². The summed E-state index contributed by atoms with van der Waals surface area (Å²) in [5.74, 6) is 0. The van der Waals surface area contributed by atoms with Crippen molar-refractivity contribution in [2.75, 3.05) is 0 Å². The van der Waals surface area contributed by atoms with Crippen LogP contribution in [0.25, 0.3) is 6.08 Å². The molecule has 0 aliphatic heterocycles. The van der Waals surface area contributed by atoms with Crippen molar-refractivity contribution in [2.24, 2.45) is 5.41 Å². The van der Waals surface area contributed by atoms with E-state index in [0.29, 0.717) is 0 Å². The van der Waals surface area contributed by atoms with Crippen LogP contribution in [-0.2, 0) is 6.42 Å². The molecule has 1 aromatic rings. The third-order valence-corrected chi connectivity index (χ3v) is 2.83. The van der Waals surface area contributed by atoms with Crippen molar-refractivity contribution in [1.82, 2.24) is 0 Å². The Morgan fingerprint density at radius 2 is 1.75 bits per heavy atom. The second kappa shape index (κ2) is 5.16. The summed E-state index contributed by atoms with van der Waals surface area (Å²) in [6.07, 6.45) is 5.34. The van der Waals surface area contributed by atoms with E-state index < -0.39 is 0 Å². The van der Waals surface area contributed by atoms with Crippen molar-refractivity contribution in [3.8, 4) is 0 Å². The van der Waals surface area contributed by atoms with E-state index in [0.717, 1.165) is 12.0 Å². The Balaban J connectivity index is 2.73. The van der Waals surface area contributed by atoms with Gasteiger partial charge in [0.1, 0.15) is 0 Å². The minimum Gasteiger partial charge on any atom is -0.0953 e. The molecule has 0 aliphatic rings. The first-order valence-corrected chi connectivity index (χ1v) is 5.90. The van der Waals surface area contributed by atoms with Crippen LogP contribution in [0.2, 0.25) is 0 Å². The summed E-state index contributed by atoms with van der Waals surface area (Å²) in [5.41, 5.74) is 3.93. The molecule has 0 saturated heterocycles. The summed E-state index contributed by atoms with van der Waals surface area (Å²) < 4.78 is 0. The Kier molecular flexibility index (Phi) is 4.12. The average molecular weight is 214 g/mol. The molecule has 0 heterocycles. The van der Waals surface area contributed by atoms with Crippen molar-refractivity contribution < 1.29 is 0 Å². The minimum absolute atomic E-state index is 0.153. The lowest BCUT2D eigenvalue weighted by atomic mass is 9.87. The predicted octanol–water partition coefficient (Wildman–Crippen LogP) is 4.86. The second-order valence-corrected chi connectivity index (χ2v) is 5.20. The maximum Gasteiger partial charge on any atom is -0.0138 e. The molecular weight excluding hydrogens is 192 g/mol. The smallest absolute Gasteiger partial charge is 0.0138 e. The van der Waals surface area contributed by atoms with Crippen molar-refractivity contribution in [3.05, 3.63) is 53.6 Å². The van der Waals surface area contributed by atoms with Crippen LogP contribution in [0.4, 0.5) is 0 Å². The first-order chi connectivity index (χ1) is 7.43. The van der Waals surface area contributed by atoms with Gasteiger partial charge in [0.25, 0.3) is 0 Å². The highest BCUT2D eigenvalue weighted by molar-refractivity contribution is 5.53. The van der Waals surface area contributed by atoms with Crippen LogP contribution in [0, 0.1) is 5.41 Å². The van der Waals surface area contributed by atoms with Crippen LogP contribution in [0.1, 0.15) is 38.8 Å². The van der Waals surface area contributed by atoms with Gasteiger partial charge in [0, 0.05) is 0 Å². The Morgan fingerprint density at radius 3 is 2.19 bits per heavy atom. The Labute approximate surface area is 99.7 Å². The van der Waals surface area contributed by atoms with E-state index in [1.807, 2.05) is 0 Å². The summed E-state index contributed by atoms with van der Waals surface area (Å²) in [6, 6.07) is 8.68. The standard InChI is InChI=1S/C16H22/c1-6-14-9-11-15(12-10-14)8-7-13(2)16(3,4)5/h7-12H,2,6H2,1,3-5H3/b8-7+. The third-order valence-electron chi connectivity index (χ3n) is 2.83. The normalized spacial score (nSPS) is 12.0. The molecule has 0 fully saturated rings. The number of allylic oxidation sites excluding steroid dienone is 2. The van der Waals surface area contributed by atoms with Crippen LogP contribution in [-0.4, -0.2) is 0 Å². The van der Waals surface area contributed by atoms with E-state index in [1.165, 1.54) is 11.1 Å². The highest BCUT2D eigenvalue weighted by atomic mass is 14.2. The lowest BCUT2D eigenvalue weighted by Crippen LogP contribution is -2.05. The zero-order valence-corrected chi connectivity index (χ0v) is 10.9. The van der Waals surface area contributed by atoms with Gasteiger partial charge in [-0.15, -0.1) is 0 Å². The van der Waals surface area contributed by atoms with Crippen LogP contribution >= 0.6 is 0 Å². The van der Waals surface area contributed by atoms with E-state index in [1.54, 1.807) is 0 Å². The van der Waals surface area contributed by atoms with Crippen LogP contribution in [0.15, 0.2) is 42.5 Å². The predicted molar refractivity (Wildman–Crippen MR) is 73.4 cm³/mol. The number of hydrogen-bond acceptors (Lipinski definition) is 0. The third kappa shape index (κ3) is 3.69. The molecule has 0 amide bonds. The van der Waals surface area contributed by atoms with Crippen molar-refractivity contribution in [1.29, 1.82) is 0 Å². The van der Waals surface area contributed by atoms with Gasteiger partial charge in [-0.05, 0) is 28.5 Å². The fourth-order valence-electron chi connectivity index (χ4n) is 1.31. The minimum atomic E-state index is 0.153. The van der Waals surface area contributed by atoms with Gasteiger partial charge in [-0.2, -0.15) is 0 Å². The molecule has 0 spiro atoms. The number of hydrogen-bond donors (Lipinski definition) is 0. The Morgan fingerprint density at radius 1 is 1.19 bits per heavy atom. The molecule has 0 radical (unpaired) electrons. The zero-order valence-electron chi connectivity index (χ0n) is 10.9. The average Bonchev–Trinajstić information content (AvgIpc) is 2.25. The van der Waals surface area contributed by atoms with Crippen LogP contribution in [0.3, 0.4) is 0 Å². The maximum atomic E-state index is 4.09. The number of benzene rings is 1. The SMILES string of the molecule is C=C(/C=C/c1ccc(CC)cc1)C(C)(C)C. The molecule has 16 heavy (non-hydrogen) atoms. The lowest BCUT2D eigenvalue weighted by molar-refractivity contribution is 0.519. The van der Waals surface area contributed by atoms with E-state index >= 15 is 0 Å². The first-order valence-electron chi connectivity index (χ1n) is 5.90. The molecule has 0 nitrogen and oxygen atoms in total. The number of aryl methyl sites for hydroxylation is 1. The first kappa shape index (κ1) is 12.8. The van der Waals surface area contributed by atoms with E-state index in [9.17, 15) is 0 Å². The Hall–Kier alpha value is -1.30. The summed E-state index contributed by atoms with van der Waals surface area (Å²) in [6.45, 7) is 12.8. The van der Waals surface area contributed by atoms with Crippen molar-refractivity contribution in [2.45, 2.75) is 34.1 Å². The molecule has 86 valence electrons. The van der Waals surface area contributed by atoms with Gasteiger partial charge in [-0.3, -0.25) is 0 Å². The quantitative estimate of drug-likeness (QED) is 0.630. The topological polar surface area (TPSA) is 0 Å². The second-order valence-electron chi connectivity index (χ2n) is 5.20. The molecule has 0 aromatic heterocycles. The van der Waals surface area contributed by atoms with Crippen LogP contribution < -0.4 is 0 Å². The molecule has 0 aliphatic carbocycles. The van der Waals surface area contributed by atoms with Crippen molar-refractivity contribution >= 4 is 6.08 Å². The fraction of sp³-hybridized carbons (Fsp3) is 0.375. The molecule has 0 bridgehead atoms. The highest BCUT2D eigenvalue weighted by Gasteiger charge is 2.11. The summed E-state index contributed by atoms with van der Waals surface area (Å²) >= 11 is 0. The largest absolute Gasteiger partial charge is 0.0953 e. The molecule has 0 N–H and O–H groups in total. The van der Waals surface area contributed by atoms with Gasteiger partial charge < -0.3 is 0 Å². The van der Waals surface area contributed by atoms with E-state index in [-0.39, 0.29) is 5.41 Å². The summed E-state index contributed by atoms with van der Waals surface area (Å²) in [4.78, 5) is 0. The monoisotopic (exact) mass is 214 g/mol. The van der Waals surface area contributed by atoms with Crippen LogP contribution in [0.5, 0.6) is 0 Å². The van der Waals surface area contributed by atoms with Gasteiger partial charge >= 0.3 is 0 Å². The highest BCUT2D eigenvalue weighted by Crippen LogP contribution is 2.25. The van der Waals surface area contributed by atoms with E-state index in [2.05, 4.69) is 70.7 Å². The molecular formula is C16H22. The molecule has 0 unspecified atom stereocenters. The fourth-order valence-corrected chi connectivity index (χ4v) is 1.31. The van der Waals surface area contributed by atoms with Crippen molar-refractivity contribution in [3.63, 3.8) is 0 Å². The lowest BCUT2D eigenvalue weighted by Gasteiger charge is -2.18. The summed E-state index contributed by atoms with van der Waals surface area (Å²) in [5, 5.41) is 0. The Bertz CT molecular complexity index is 371. The zero-order chi connectivity index (χ0) is 12.2. The molecule has 0 atom stereocenters. The molecule has 1 aromatic carbocycles. The van der Waals surface area contributed by atoms with Gasteiger partial charge in [0.05, 0.1) is 0 Å². The van der Waals surface area contributed by atoms with Gasteiger partial charge in [0.15, 0.2) is 0 Å². The summed E-state index contributed by atoms with van der Waals surface area (Å²) in [7, 11) is 0. The molecule has 1 rings (SSSR count). The number of rotatable bonds is 3. The maximum absolute atomic E-state index is 4.09.